The summed E-state index contributed by atoms with van der Waals surface area (Å²) >= 11 is 6.30. The predicted molar refractivity (Wildman–Crippen MR) is 81.1 cm³/mol. The molecule has 1 aromatic rings. The monoisotopic (exact) mass is 281 g/mol. The van der Waals surface area contributed by atoms with Crippen LogP contribution in [-0.2, 0) is 0 Å². The average molecular weight is 282 g/mol. The van der Waals surface area contributed by atoms with E-state index in [1.807, 2.05) is 6.92 Å². The highest BCUT2D eigenvalue weighted by atomic mass is 35.5. The summed E-state index contributed by atoms with van der Waals surface area (Å²) in [4.78, 5) is 11.7. The molecule has 0 N–H and O–H groups in total. The van der Waals surface area contributed by atoms with Crippen LogP contribution in [0, 0.1) is 6.92 Å². The summed E-state index contributed by atoms with van der Waals surface area (Å²) < 4.78 is 0. The Morgan fingerprint density at radius 3 is 2.58 bits per heavy atom. The normalized spacial score (nSPS) is 23.4. The van der Waals surface area contributed by atoms with Crippen molar-refractivity contribution in [3.8, 4) is 0 Å². The molecule has 0 radical (unpaired) electrons. The summed E-state index contributed by atoms with van der Waals surface area (Å²) in [6.45, 7) is 10.8. The van der Waals surface area contributed by atoms with Crippen LogP contribution in [0.25, 0.3) is 0 Å². The highest BCUT2D eigenvalue weighted by Crippen LogP contribution is 2.35. The Bertz CT molecular complexity index is 459. The standard InChI is InChI=1S/C15H24ClN3/c1-6-12-8-7-10(4)19(12)15-11(5)13(16)17-14(18-15)9(2)3/h9-10,12H,6-8H2,1-5H3. The Morgan fingerprint density at radius 1 is 1.32 bits per heavy atom. The van der Waals surface area contributed by atoms with Crippen LogP contribution in [0.1, 0.15) is 64.3 Å². The molecule has 1 saturated heterocycles. The number of nitrogens with zero attached hydrogens (tertiary/aromatic N) is 3. The molecule has 3 nitrogen and oxygen atoms in total. The van der Waals surface area contributed by atoms with E-state index >= 15 is 0 Å². The molecule has 1 aliphatic rings. The Morgan fingerprint density at radius 2 is 2.00 bits per heavy atom. The second-order valence-electron chi connectivity index (χ2n) is 5.87. The number of hydrogen-bond donors (Lipinski definition) is 0. The van der Waals surface area contributed by atoms with Gasteiger partial charge < -0.3 is 4.90 Å². The Kier molecular flexibility index (Phi) is 4.34. The molecule has 0 amide bonds. The van der Waals surface area contributed by atoms with E-state index in [-0.39, 0.29) is 0 Å². The van der Waals surface area contributed by atoms with Crippen molar-refractivity contribution in [2.45, 2.75) is 71.9 Å². The van der Waals surface area contributed by atoms with Gasteiger partial charge >= 0.3 is 0 Å². The first-order valence-electron chi connectivity index (χ1n) is 7.28. The Balaban J connectivity index is 2.48. The van der Waals surface area contributed by atoms with E-state index in [4.69, 9.17) is 16.6 Å². The van der Waals surface area contributed by atoms with E-state index in [9.17, 15) is 0 Å². The molecule has 0 aromatic carbocycles. The minimum Gasteiger partial charge on any atom is -0.351 e. The third-order valence-corrected chi connectivity index (χ3v) is 4.46. The lowest BCUT2D eigenvalue weighted by Crippen LogP contribution is -2.35. The van der Waals surface area contributed by atoms with Gasteiger partial charge in [-0.1, -0.05) is 32.4 Å². The first-order chi connectivity index (χ1) is 8.95. The molecule has 0 bridgehead atoms. The van der Waals surface area contributed by atoms with Gasteiger partial charge in [-0.25, -0.2) is 9.97 Å². The van der Waals surface area contributed by atoms with Gasteiger partial charge in [-0.05, 0) is 33.1 Å². The van der Waals surface area contributed by atoms with Crippen molar-refractivity contribution in [2.75, 3.05) is 4.90 Å². The van der Waals surface area contributed by atoms with Gasteiger partial charge in [-0.3, -0.25) is 0 Å². The molecular weight excluding hydrogens is 258 g/mol. The molecule has 2 unspecified atom stereocenters. The molecule has 4 heteroatoms. The molecule has 2 heterocycles. The van der Waals surface area contributed by atoms with Gasteiger partial charge in [0.05, 0.1) is 0 Å². The second-order valence-corrected chi connectivity index (χ2v) is 6.23. The zero-order valence-electron chi connectivity index (χ0n) is 12.6. The SMILES string of the molecule is CCC1CCC(C)N1c1nc(C(C)C)nc(Cl)c1C. The van der Waals surface area contributed by atoms with Gasteiger partial charge in [0.15, 0.2) is 0 Å². The maximum absolute atomic E-state index is 6.30. The van der Waals surface area contributed by atoms with Gasteiger partial charge in [-0.15, -0.1) is 0 Å². The molecule has 0 saturated carbocycles. The van der Waals surface area contributed by atoms with Gasteiger partial charge in [0.2, 0.25) is 0 Å². The van der Waals surface area contributed by atoms with Crippen LogP contribution in [-0.4, -0.2) is 22.1 Å². The number of anilines is 1. The summed E-state index contributed by atoms with van der Waals surface area (Å²) in [5, 5.41) is 0.600. The summed E-state index contributed by atoms with van der Waals surface area (Å²) in [6.07, 6.45) is 3.63. The van der Waals surface area contributed by atoms with Crippen molar-refractivity contribution in [3.63, 3.8) is 0 Å². The predicted octanol–water partition coefficient (Wildman–Crippen LogP) is 4.33. The van der Waals surface area contributed by atoms with Crippen molar-refractivity contribution in [1.29, 1.82) is 0 Å². The van der Waals surface area contributed by atoms with Gasteiger partial charge in [0.1, 0.15) is 16.8 Å². The lowest BCUT2D eigenvalue weighted by atomic mass is 10.1. The van der Waals surface area contributed by atoms with Crippen LogP contribution in [0.5, 0.6) is 0 Å². The maximum atomic E-state index is 6.30. The quantitative estimate of drug-likeness (QED) is 0.772. The van der Waals surface area contributed by atoms with Crippen molar-refractivity contribution >= 4 is 17.4 Å². The second kappa shape index (κ2) is 5.66. The van der Waals surface area contributed by atoms with E-state index < -0.39 is 0 Å². The van der Waals surface area contributed by atoms with Crippen LogP contribution < -0.4 is 4.90 Å². The first-order valence-corrected chi connectivity index (χ1v) is 7.65. The van der Waals surface area contributed by atoms with E-state index in [1.165, 1.54) is 12.8 Å². The number of aromatic nitrogens is 2. The molecule has 0 aliphatic carbocycles. The summed E-state index contributed by atoms with van der Waals surface area (Å²) in [5.41, 5.74) is 1.01. The van der Waals surface area contributed by atoms with Crippen LogP contribution in [0.3, 0.4) is 0 Å². The van der Waals surface area contributed by atoms with Gasteiger partial charge in [0.25, 0.3) is 0 Å². The molecule has 19 heavy (non-hydrogen) atoms. The smallest absolute Gasteiger partial charge is 0.137 e. The number of rotatable bonds is 3. The highest BCUT2D eigenvalue weighted by Gasteiger charge is 2.32. The molecule has 2 rings (SSSR count). The van der Waals surface area contributed by atoms with E-state index in [0.29, 0.717) is 23.2 Å². The topological polar surface area (TPSA) is 29.0 Å². The van der Waals surface area contributed by atoms with Crippen molar-refractivity contribution in [2.24, 2.45) is 0 Å². The molecule has 0 spiro atoms. The van der Waals surface area contributed by atoms with Crippen LogP contribution in [0.4, 0.5) is 5.82 Å². The average Bonchev–Trinajstić information content (AvgIpc) is 2.73. The minimum atomic E-state index is 0.301. The lowest BCUT2D eigenvalue weighted by Gasteiger charge is -2.31. The first kappa shape index (κ1) is 14.6. The van der Waals surface area contributed by atoms with Gasteiger partial charge in [0, 0.05) is 23.6 Å². The third kappa shape index (κ3) is 2.71. The maximum Gasteiger partial charge on any atom is 0.137 e. The Hall–Kier alpha value is -0.830. The minimum absolute atomic E-state index is 0.301. The van der Waals surface area contributed by atoms with Crippen LogP contribution in [0.2, 0.25) is 5.15 Å². The molecular formula is C15H24ClN3. The van der Waals surface area contributed by atoms with Crippen molar-refractivity contribution in [3.05, 3.63) is 16.5 Å². The molecule has 1 fully saturated rings. The zero-order valence-corrected chi connectivity index (χ0v) is 13.3. The third-order valence-electron chi connectivity index (χ3n) is 4.10. The molecule has 1 aliphatic heterocycles. The van der Waals surface area contributed by atoms with Crippen molar-refractivity contribution < 1.29 is 0 Å². The van der Waals surface area contributed by atoms with E-state index in [2.05, 4.69) is 37.6 Å². The zero-order chi connectivity index (χ0) is 14.2. The lowest BCUT2D eigenvalue weighted by molar-refractivity contribution is 0.614. The van der Waals surface area contributed by atoms with Crippen LogP contribution >= 0.6 is 11.6 Å². The molecule has 106 valence electrons. The van der Waals surface area contributed by atoms with Crippen molar-refractivity contribution in [1.82, 2.24) is 9.97 Å². The highest BCUT2D eigenvalue weighted by molar-refractivity contribution is 6.30. The number of halogens is 1. The van der Waals surface area contributed by atoms with E-state index in [0.717, 1.165) is 23.6 Å². The Labute approximate surface area is 121 Å². The van der Waals surface area contributed by atoms with E-state index in [1.54, 1.807) is 0 Å². The molecule has 1 aromatic heterocycles. The largest absolute Gasteiger partial charge is 0.351 e. The fourth-order valence-electron chi connectivity index (χ4n) is 2.86. The number of hydrogen-bond acceptors (Lipinski definition) is 3. The summed E-state index contributed by atoms with van der Waals surface area (Å²) in [5.74, 6) is 2.19. The fourth-order valence-corrected chi connectivity index (χ4v) is 3.03. The van der Waals surface area contributed by atoms with Gasteiger partial charge in [-0.2, -0.15) is 0 Å². The summed E-state index contributed by atoms with van der Waals surface area (Å²) in [7, 11) is 0. The molecule has 2 atom stereocenters. The fraction of sp³-hybridized carbons (Fsp3) is 0.733. The van der Waals surface area contributed by atoms with Crippen LogP contribution in [0.15, 0.2) is 0 Å². The summed E-state index contributed by atoms with van der Waals surface area (Å²) in [6, 6.07) is 1.12.